The third-order valence-corrected chi connectivity index (χ3v) is 5.47. The van der Waals surface area contributed by atoms with Gasteiger partial charge in [0.25, 0.3) is 5.91 Å². The van der Waals surface area contributed by atoms with E-state index >= 15 is 0 Å². The Kier molecular flexibility index (Phi) is 6.55. The van der Waals surface area contributed by atoms with Gasteiger partial charge in [0.2, 0.25) is 10.0 Å². The van der Waals surface area contributed by atoms with Gasteiger partial charge in [-0.1, -0.05) is 26.8 Å². The van der Waals surface area contributed by atoms with Crippen LogP contribution in [-0.2, 0) is 17.1 Å². The van der Waals surface area contributed by atoms with Crippen molar-refractivity contribution in [3.05, 3.63) is 48.0 Å². The molecule has 1 atom stereocenters. The van der Waals surface area contributed by atoms with Gasteiger partial charge < -0.3 is 9.88 Å². The largest absolute Gasteiger partial charge is 0.352 e. The van der Waals surface area contributed by atoms with E-state index in [0.717, 1.165) is 6.42 Å². The minimum atomic E-state index is -3.81. The zero-order chi connectivity index (χ0) is 19.3. The Morgan fingerprint density at radius 2 is 2.04 bits per heavy atom. The van der Waals surface area contributed by atoms with E-state index in [-0.39, 0.29) is 16.7 Å². The summed E-state index contributed by atoms with van der Waals surface area (Å²) in [4.78, 5) is 16.4. The van der Waals surface area contributed by atoms with E-state index in [2.05, 4.69) is 15.0 Å². The number of hydrogen-bond donors (Lipinski definition) is 2. The molecule has 0 fully saturated rings. The molecular weight excluding hydrogens is 352 g/mol. The molecule has 0 aliphatic carbocycles. The van der Waals surface area contributed by atoms with Gasteiger partial charge in [0.1, 0.15) is 5.82 Å². The summed E-state index contributed by atoms with van der Waals surface area (Å²) < 4.78 is 30.2. The first-order valence-electron chi connectivity index (χ1n) is 8.64. The van der Waals surface area contributed by atoms with Crippen molar-refractivity contribution in [2.24, 2.45) is 13.0 Å². The number of benzene rings is 1. The first-order chi connectivity index (χ1) is 12.3. The second-order valence-corrected chi connectivity index (χ2v) is 8.24. The number of hydrogen-bond acceptors (Lipinski definition) is 4. The van der Waals surface area contributed by atoms with Gasteiger partial charge >= 0.3 is 0 Å². The predicted molar refractivity (Wildman–Crippen MR) is 100 cm³/mol. The highest BCUT2D eigenvalue weighted by Crippen LogP contribution is 2.23. The lowest BCUT2D eigenvalue weighted by Crippen LogP contribution is -2.33. The fourth-order valence-corrected chi connectivity index (χ4v) is 3.93. The molecule has 26 heavy (non-hydrogen) atoms. The minimum absolute atomic E-state index is 0.00177. The first kappa shape index (κ1) is 20.1. The standard InChI is InChI=1S/C18H26N4O3S/c1-5-9-20-18(23)14-7-6-8-15(12-14)26(24,25)21-16(13(2)3)17-19-10-11-22(17)4/h6-8,10-13,16,21H,5,9H2,1-4H3,(H,20,23)/t16-/m1/s1. The number of nitrogens with one attached hydrogen (secondary N) is 2. The Labute approximate surface area is 154 Å². The molecule has 0 aliphatic rings. The van der Waals surface area contributed by atoms with Crippen LogP contribution in [0.25, 0.3) is 0 Å². The number of aryl methyl sites for hydroxylation is 1. The predicted octanol–water partition coefficient (Wildman–Crippen LogP) is 2.24. The molecule has 0 saturated heterocycles. The first-order valence-corrected chi connectivity index (χ1v) is 10.1. The van der Waals surface area contributed by atoms with Gasteiger partial charge in [-0.15, -0.1) is 0 Å². The van der Waals surface area contributed by atoms with E-state index in [1.807, 2.05) is 27.8 Å². The lowest BCUT2D eigenvalue weighted by molar-refractivity contribution is 0.0953. The highest BCUT2D eigenvalue weighted by atomic mass is 32.2. The zero-order valence-corrected chi connectivity index (χ0v) is 16.4. The van der Waals surface area contributed by atoms with Crippen LogP contribution >= 0.6 is 0 Å². The SMILES string of the molecule is CCCNC(=O)c1cccc(S(=O)(=O)N[C@@H](c2nccn2C)C(C)C)c1. The number of rotatable bonds is 8. The average Bonchev–Trinajstić information content (AvgIpc) is 3.03. The van der Waals surface area contributed by atoms with Gasteiger partial charge in [0.15, 0.2) is 0 Å². The maximum Gasteiger partial charge on any atom is 0.251 e. The molecule has 1 aromatic heterocycles. The van der Waals surface area contributed by atoms with Crippen molar-refractivity contribution in [2.45, 2.75) is 38.1 Å². The normalized spacial score (nSPS) is 13.0. The lowest BCUT2D eigenvalue weighted by Gasteiger charge is -2.22. The lowest BCUT2D eigenvalue weighted by atomic mass is 10.1. The Bertz CT molecular complexity index is 859. The molecule has 142 valence electrons. The maximum atomic E-state index is 12.9. The molecular formula is C18H26N4O3S. The molecule has 0 radical (unpaired) electrons. The molecule has 1 heterocycles. The van der Waals surface area contributed by atoms with Crippen LogP contribution in [0.2, 0.25) is 0 Å². The number of carbonyl (C=O) groups excluding carboxylic acids is 1. The second-order valence-electron chi connectivity index (χ2n) is 6.52. The number of imidazole rings is 1. The topological polar surface area (TPSA) is 93.1 Å². The van der Waals surface area contributed by atoms with Crippen LogP contribution < -0.4 is 10.0 Å². The van der Waals surface area contributed by atoms with E-state index < -0.39 is 16.1 Å². The molecule has 7 nitrogen and oxygen atoms in total. The zero-order valence-electron chi connectivity index (χ0n) is 15.6. The van der Waals surface area contributed by atoms with Gasteiger partial charge in [-0.05, 0) is 30.5 Å². The van der Waals surface area contributed by atoms with Crippen LogP contribution in [0.3, 0.4) is 0 Å². The number of amides is 1. The van der Waals surface area contributed by atoms with Crippen LogP contribution in [0.5, 0.6) is 0 Å². The van der Waals surface area contributed by atoms with Gasteiger partial charge in [-0.25, -0.2) is 18.1 Å². The van der Waals surface area contributed by atoms with Crippen LogP contribution in [0.4, 0.5) is 0 Å². The van der Waals surface area contributed by atoms with Crippen molar-refractivity contribution < 1.29 is 13.2 Å². The summed E-state index contributed by atoms with van der Waals surface area (Å²) >= 11 is 0. The van der Waals surface area contributed by atoms with Gasteiger partial charge in [-0.3, -0.25) is 4.79 Å². The molecule has 0 aliphatic heterocycles. The number of sulfonamides is 1. The van der Waals surface area contributed by atoms with Crippen LogP contribution in [0.15, 0.2) is 41.6 Å². The molecule has 2 N–H and O–H groups in total. The molecule has 1 amide bonds. The van der Waals surface area contributed by atoms with E-state index in [1.165, 1.54) is 12.1 Å². The third-order valence-electron chi connectivity index (χ3n) is 4.03. The molecule has 0 unspecified atom stereocenters. The average molecular weight is 378 g/mol. The Morgan fingerprint density at radius 1 is 1.31 bits per heavy atom. The highest BCUT2D eigenvalue weighted by molar-refractivity contribution is 7.89. The monoisotopic (exact) mass is 378 g/mol. The maximum absolute atomic E-state index is 12.9. The molecule has 0 spiro atoms. The Hall–Kier alpha value is -2.19. The fourth-order valence-electron chi connectivity index (χ4n) is 2.54. The summed E-state index contributed by atoms with van der Waals surface area (Å²) in [5.41, 5.74) is 0.319. The number of aromatic nitrogens is 2. The van der Waals surface area contributed by atoms with Gasteiger partial charge in [0, 0.05) is 31.5 Å². The van der Waals surface area contributed by atoms with Crippen molar-refractivity contribution in [3.8, 4) is 0 Å². The van der Waals surface area contributed by atoms with Crippen molar-refractivity contribution >= 4 is 15.9 Å². The van der Waals surface area contributed by atoms with Gasteiger partial charge in [-0.2, -0.15) is 0 Å². The van der Waals surface area contributed by atoms with Crippen LogP contribution in [0.1, 0.15) is 49.4 Å². The fraction of sp³-hybridized carbons (Fsp3) is 0.444. The van der Waals surface area contributed by atoms with Gasteiger partial charge in [0.05, 0.1) is 10.9 Å². The summed E-state index contributed by atoms with van der Waals surface area (Å²) in [6.45, 7) is 6.35. The van der Waals surface area contributed by atoms with E-state index in [0.29, 0.717) is 17.9 Å². The van der Waals surface area contributed by atoms with Crippen LogP contribution in [-0.4, -0.2) is 30.4 Å². The highest BCUT2D eigenvalue weighted by Gasteiger charge is 2.27. The summed E-state index contributed by atoms with van der Waals surface area (Å²) in [5, 5.41) is 2.75. The molecule has 0 bridgehead atoms. The number of nitrogens with zero attached hydrogens (tertiary/aromatic N) is 2. The van der Waals surface area contributed by atoms with Crippen molar-refractivity contribution in [3.63, 3.8) is 0 Å². The summed E-state index contributed by atoms with van der Waals surface area (Å²) in [5.74, 6) is 0.357. The van der Waals surface area contributed by atoms with Crippen LogP contribution in [0, 0.1) is 5.92 Å². The minimum Gasteiger partial charge on any atom is -0.352 e. The quantitative estimate of drug-likeness (QED) is 0.737. The van der Waals surface area contributed by atoms with E-state index in [9.17, 15) is 13.2 Å². The smallest absolute Gasteiger partial charge is 0.251 e. The van der Waals surface area contributed by atoms with Crippen molar-refractivity contribution in [1.82, 2.24) is 19.6 Å². The number of carbonyl (C=O) groups is 1. The molecule has 8 heteroatoms. The summed E-state index contributed by atoms with van der Waals surface area (Å²) in [7, 11) is -1.98. The molecule has 2 rings (SSSR count). The van der Waals surface area contributed by atoms with E-state index in [1.54, 1.807) is 29.1 Å². The molecule has 2 aromatic rings. The summed E-state index contributed by atoms with van der Waals surface area (Å²) in [6.07, 6.45) is 4.22. The molecule has 1 aromatic carbocycles. The second kappa shape index (κ2) is 8.46. The summed E-state index contributed by atoms with van der Waals surface area (Å²) in [6, 6.07) is 5.57. The molecule has 0 saturated carbocycles. The van der Waals surface area contributed by atoms with Crippen molar-refractivity contribution in [1.29, 1.82) is 0 Å². The Balaban J connectivity index is 2.29. The van der Waals surface area contributed by atoms with Crippen molar-refractivity contribution in [2.75, 3.05) is 6.54 Å². The Morgan fingerprint density at radius 3 is 2.62 bits per heavy atom. The van der Waals surface area contributed by atoms with E-state index in [4.69, 9.17) is 0 Å². The third kappa shape index (κ3) is 4.70.